The molecule has 1 N–H and O–H groups in total. The van der Waals surface area contributed by atoms with Crippen LogP contribution < -0.4 is 5.32 Å². The molecule has 2 fully saturated rings. The van der Waals surface area contributed by atoms with E-state index >= 15 is 0 Å². The average molecular weight is 286 g/mol. The second-order valence-electron chi connectivity index (χ2n) is 5.77. The third kappa shape index (κ3) is 6.50. The second kappa shape index (κ2) is 9.68. The quantitative estimate of drug-likeness (QED) is 0.600. The van der Waals surface area contributed by atoms with Crippen molar-refractivity contribution < 1.29 is 14.2 Å². The van der Waals surface area contributed by atoms with Gasteiger partial charge in [0.25, 0.3) is 0 Å². The van der Waals surface area contributed by atoms with Gasteiger partial charge in [-0.2, -0.15) is 0 Å². The van der Waals surface area contributed by atoms with E-state index in [1.165, 1.54) is 38.9 Å². The van der Waals surface area contributed by atoms with Crippen molar-refractivity contribution in [2.24, 2.45) is 5.92 Å². The van der Waals surface area contributed by atoms with Crippen molar-refractivity contribution in [1.82, 2.24) is 10.2 Å². The molecule has 0 aromatic carbocycles. The maximum absolute atomic E-state index is 5.64. The number of nitrogens with zero attached hydrogens (tertiary/aromatic N) is 1. The number of nitrogens with one attached hydrogen (secondary N) is 1. The Morgan fingerprint density at radius 1 is 1.05 bits per heavy atom. The Labute approximate surface area is 122 Å². The maximum atomic E-state index is 5.64. The summed E-state index contributed by atoms with van der Waals surface area (Å²) in [6.45, 7) is 8.07. The van der Waals surface area contributed by atoms with E-state index in [0.717, 1.165) is 25.1 Å². The monoisotopic (exact) mass is 286 g/mol. The van der Waals surface area contributed by atoms with Crippen molar-refractivity contribution in [2.75, 3.05) is 66.3 Å². The zero-order valence-corrected chi connectivity index (χ0v) is 12.8. The minimum absolute atomic E-state index is 0.653. The average Bonchev–Trinajstić information content (AvgIpc) is 3.27. The molecule has 1 aliphatic carbocycles. The molecule has 2 aliphatic rings. The number of rotatable bonds is 10. The van der Waals surface area contributed by atoms with E-state index in [2.05, 4.69) is 10.2 Å². The smallest absolute Gasteiger partial charge is 0.0701 e. The minimum Gasteiger partial charge on any atom is -0.382 e. The molecule has 0 radical (unpaired) electrons. The number of hydrogen-bond donors (Lipinski definition) is 1. The van der Waals surface area contributed by atoms with Crippen molar-refractivity contribution in [3.8, 4) is 0 Å². The van der Waals surface area contributed by atoms with E-state index in [1.807, 2.05) is 0 Å². The highest BCUT2D eigenvalue weighted by Crippen LogP contribution is 2.33. The van der Waals surface area contributed by atoms with Crippen LogP contribution in [0, 0.1) is 5.92 Å². The highest BCUT2D eigenvalue weighted by Gasteiger charge is 2.32. The van der Waals surface area contributed by atoms with Gasteiger partial charge >= 0.3 is 0 Å². The zero-order chi connectivity index (χ0) is 14.0. The second-order valence-corrected chi connectivity index (χ2v) is 5.77. The molecule has 5 nitrogen and oxygen atoms in total. The van der Waals surface area contributed by atoms with Crippen molar-refractivity contribution in [3.05, 3.63) is 0 Å². The standard InChI is InChI=1S/C15H30N2O3/c1-18-9-10-20-12-11-19-8-7-17-6-2-5-16-15(13-17)14-3-4-14/h14-16H,2-13H2,1H3. The molecule has 118 valence electrons. The molecular weight excluding hydrogens is 256 g/mol. The fraction of sp³-hybridized carbons (Fsp3) is 1.00. The fourth-order valence-electron chi connectivity index (χ4n) is 2.70. The predicted molar refractivity (Wildman–Crippen MR) is 79.1 cm³/mol. The van der Waals surface area contributed by atoms with Crippen LogP contribution in [-0.4, -0.2) is 77.3 Å². The van der Waals surface area contributed by atoms with Crippen LogP contribution in [0.25, 0.3) is 0 Å². The van der Waals surface area contributed by atoms with Crippen LogP contribution in [0.2, 0.25) is 0 Å². The van der Waals surface area contributed by atoms with Crippen LogP contribution in [0.4, 0.5) is 0 Å². The van der Waals surface area contributed by atoms with Crippen LogP contribution in [-0.2, 0) is 14.2 Å². The molecule has 1 atom stereocenters. The van der Waals surface area contributed by atoms with Crippen LogP contribution in [0.5, 0.6) is 0 Å². The van der Waals surface area contributed by atoms with Gasteiger partial charge in [-0.1, -0.05) is 0 Å². The lowest BCUT2D eigenvalue weighted by Gasteiger charge is -2.24. The normalized spacial score (nSPS) is 24.8. The largest absolute Gasteiger partial charge is 0.382 e. The van der Waals surface area contributed by atoms with Crippen molar-refractivity contribution in [1.29, 1.82) is 0 Å². The van der Waals surface area contributed by atoms with Gasteiger partial charge < -0.3 is 19.5 Å². The van der Waals surface area contributed by atoms with Crippen molar-refractivity contribution >= 4 is 0 Å². The highest BCUT2D eigenvalue weighted by molar-refractivity contribution is 4.89. The Kier molecular flexibility index (Phi) is 7.83. The summed E-state index contributed by atoms with van der Waals surface area (Å²) in [4.78, 5) is 2.55. The summed E-state index contributed by atoms with van der Waals surface area (Å²) in [7, 11) is 1.69. The van der Waals surface area contributed by atoms with E-state index in [0.29, 0.717) is 26.4 Å². The fourth-order valence-corrected chi connectivity index (χ4v) is 2.70. The molecule has 0 aromatic heterocycles. The topological polar surface area (TPSA) is 43.0 Å². The van der Waals surface area contributed by atoms with Gasteiger partial charge in [-0.05, 0) is 38.3 Å². The first-order chi connectivity index (χ1) is 9.90. The first kappa shape index (κ1) is 16.2. The van der Waals surface area contributed by atoms with Crippen molar-refractivity contribution in [3.63, 3.8) is 0 Å². The zero-order valence-electron chi connectivity index (χ0n) is 12.8. The van der Waals surface area contributed by atoms with Crippen LogP contribution >= 0.6 is 0 Å². The molecule has 0 bridgehead atoms. The Balaban J connectivity index is 1.47. The first-order valence-electron chi connectivity index (χ1n) is 8.00. The SMILES string of the molecule is COCCOCCOCCN1CCCNC(C2CC2)C1. The van der Waals surface area contributed by atoms with E-state index < -0.39 is 0 Å². The summed E-state index contributed by atoms with van der Waals surface area (Å²) in [5, 5.41) is 3.69. The Hall–Kier alpha value is -0.200. The van der Waals surface area contributed by atoms with Crippen LogP contribution in [0.15, 0.2) is 0 Å². The van der Waals surface area contributed by atoms with Crippen molar-refractivity contribution in [2.45, 2.75) is 25.3 Å². The molecule has 0 amide bonds. The van der Waals surface area contributed by atoms with E-state index in [4.69, 9.17) is 14.2 Å². The number of methoxy groups -OCH3 is 1. The number of hydrogen-bond acceptors (Lipinski definition) is 5. The van der Waals surface area contributed by atoms with Crippen LogP contribution in [0.3, 0.4) is 0 Å². The molecule has 0 spiro atoms. The van der Waals surface area contributed by atoms with E-state index in [9.17, 15) is 0 Å². The van der Waals surface area contributed by atoms with Gasteiger partial charge in [-0.3, -0.25) is 4.90 Å². The van der Waals surface area contributed by atoms with Crippen LogP contribution in [0.1, 0.15) is 19.3 Å². The molecule has 1 aliphatic heterocycles. The molecule has 2 rings (SSSR count). The molecule has 20 heavy (non-hydrogen) atoms. The molecule has 5 heteroatoms. The molecule has 1 heterocycles. The summed E-state index contributed by atoms with van der Waals surface area (Å²) in [6, 6.07) is 0.717. The molecule has 0 aromatic rings. The van der Waals surface area contributed by atoms with E-state index in [1.54, 1.807) is 7.11 Å². The minimum atomic E-state index is 0.653. The molecule has 1 saturated heterocycles. The van der Waals surface area contributed by atoms with Gasteiger partial charge in [-0.25, -0.2) is 0 Å². The third-order valence-electron chi connectivity index (χ3n) is 4.06. The highest BCUT2D eigenvalue weighted by atomic mass is 16.5. The predicted octanol–water partition coefficient (Wildman–Crippen LogP) is 0.740. The van der Waals surface area contributed by atoms with Gasteiger partial charge in [0.15, 0.2) is 0 Å². The summed E-state index contributed by atoms with van der Waals surface area (Å²) in [6.07, 6.45) is 4.09. The van der Waals surface area contributed by atoms with Gasteiger partial charge in [0.1, 0.15) is 0 Å². The summed E-state index contributed by atoms with van der Waals surface area (Å²) < 4.78 is 15.9. The lowest BCUT2D eigenvalue weighted by atomic mass is 10.2. The van der Waals surface area contributed by atoms with Gasteiger partial charge in [0, 0.05) is 26.2 Å². The Bertz CT molecular complexity index is 249. The first-order valence-corrected chi connectivity index (χ1v) is 8.00. The lowest BCUT2D eigenvalue weighted by Crippen LogP contribution is -2.40. The lowest BCUT2D eigenvalue weighted by molar-refractivity contribution is 0.0193. The van der Waals surface area contributed by atoms with Gasteiger partial charge in [0.05, 0.1) is 33.0 Å². The maximum Gasteiger partial charge on any atom is 0.0701 e. The Morgan fingerprint density at radius 3 is 2.55 bits per heavy atom. The van der Waals surface area contributed by atoms with E-state index in [-0.39, 0.29) is 0 Å². The third-order valence-corrected chi connectivity index (χ3v) is 4.06. The van der Waals surface area contributed by atoms with Gasteiger partial charge in [-0.15, -0.1) is 0 Å². The number of ether oxygens (including phenoxy) is 3. The summed E-state index contributed by atoms with van der Waals surface area (Å²) in [5.41, 5.74) is 0. The summed E-state index contributed by atoms with van der Waals surface area (Å²) in [5.74, 6) is 0.936. The molecule has 1 saturated carbocycles. The Morgan fingerprint density at radius 2 is 1.80 bits per heavy atom. The molecular formula is C15H30N2O3. The summed E-state index contributed by atoms with van der Waals surface area (Å²) >= 11 is 0. The van der Waals surface area contributed by atoms with Gasteiger partial charge in [0.2, 0.25) is 0 Å². The molecule has 1 unspecified atom stereocenters.